The van der Waals surface area contributed by atoms with Crippen LogP contribution in [0.4, 0.5) is 0 Å². The molecular weight excluding hydrogens is 390 g/mol. The van der Waals surface area contributed by atoms with Crippen LogP contribution in [0.1, 0.15) is 77.3 Å². The van der Waals surface area contributed by atoms with Crippen molar-refractivity contribution in [2.45, 2.75) is 84.7 Å². The Hall–Kier alpha value is -1.76. The Morgan fingerprint density at radius 2 is 2.06 bits per heavy atom. The molecule has 6 atom stereocenters. The van der Waals surface area contributed by atoms with Gasteiger partial charge in [0.25, 0.3) is 0 Å². The Bertz CT molecular complexity index is 866. The first-order valence-corrected chi connectivity index (χ1v) is 12.2. The molecule has 0 saturated heterocycles. The van der Waals surface area contributed by atoms with Gasteiger partial charge in [-0.1, -0.05) is 24.2 Å². The summed E-state index contributed by atoms with van der Waals surface area (Å²) in [6, 6.07) is 0. The fraction of sp³-hybridized carbons (Fsp3) is 0.833. The molecule has 2 N–H and O–H groups in total. The molecule has 0 radical (unpaired) electrons. The van der Waals surface area contributed by atoms with E-state index >= 15 is 0 Å². The van der Waals surface area contributed by atoms with Gasteiger partial charge in [-0.05, 0) is 80.5 Å². The maximum atomic E-state index is 12.6. The van der Waals surface area contributed by atoms with Crippen molar-refractivity contribution >= 4 is 11.5 Å². The first kappa shape index (κ1) is 21.1. The van der Waals surface area contributed by atoms with E-state index in [9.17, 15) is 4.79 Å². The SMILES string of the molecule is C[C@]12CCC(=NOCCn3cc(CN)nn3)CC1CCC1C2CC[C@]2(C)C(=O)CCC12. The minimum atomic E-state index is -0.0193. The van der Waals surface area contributed by atoms with Crippen LogP contribution in [0.5, 0.6) is 0 Å². The number of hydrogen-bond donors (Lipinski definition) is 1. The van der Waals surface area contributed by atoms with Crippen LogP contribution >= 0.6 is 0 Å². The molecule has 170 valence electrons. The molecule has 4 saturated carbocycles. The van der Waals surface area contributed by atoms with Crippen molar-refractivity contribution in [1.82, 2.24) is 15.0 Å². The summed E-state index contributed by atoms with van der Waals surface area (Å²) in [4.78, 5) is 18.3. The Morgan fingerprint density at radius 3 is 2.87 bits per heavy atom. The highest BCUT2D eigenvalue weighted by atomic mass is 16.6. The van der Waals surface area contributed by atoms with Crippen LogP contribution in [0.2, 0.25) is 0 Å². The molecule has 4 fully saturated rings. The first-order valence-electron chi connectivity index (χ1n) is 12.2. The fourth-order valence-electron chi connectivity index (χ4n) is 7.73. The number of oxime groups is 1. The zero-order chi connectivity index (χ0) is 21.6. The van der Waals surface area contributed by atoms with Crippen molar-refractivity contribution in [2.24, 2.45) is 45.4 Å². The maximum Gasteiger partial charge on any atom is 0.139 e. The summed E-state index contributed by atoms with van der Waals surface area (Å²) in [5, 5.41) is 12.5. The zero-order valence-corrected chi connectivity index (χ0v) is 19.1. The van der Waals surface area contributed by atoms with Crippen molar-refractivity contribution in [1.29, 1.82) is 0 Å². The number of fused-ring (bicyclic) bond motifs is 5. The minimum Gasteiger partial charge on any atom is -0.394 e. The van der Waals surface area contributed by atoms with Gasteiger partial charge in [0.05, 0.1) is 18.0 Å². The summed E-state index contributed by atoms with van der Waals surface area (Å²) >= 11 is 0. The summed E-state index contributed by atoms with van der Waals surface area (Å²) < 4.78 is 1.76. The smallest absolute Gasteiger partial charge is 0.139 e. The molecule has 7 heteroatoms. The summed E-state index contributed by atoms with van der Waals surface area (Å²) in [5.41, 5.74) is 7.96. The lowest BCUT2D eigenvalue weighted by Gasteiger charge is -2.59. The predicted molar refractivity (Wildman–Crippen MR) is 118 cm³/mol. The molecule has 0 spiro atoms. The van der Waals surface area contributed by atoms with E-state index in [0.717, 1.165) is 49.6 Å². The van der Waals surface area contributed by atoms with Crippen molar-refractivity contribution in [3.63, 3.8) is 0 Å². The third kappa shape index (κ3) is 3.53. The van der Waals surface area contributed by atoms with Gasteiger partial charge in [-0.15, -0.1) is 5.10 Å². The highest BCUT2D eigenvalue weighted by Crippen LogP contribution is 2.65. The van der Waals surface area contributed by atoms with Crippen LogP contribution in [0.3, 0.4) is 0 Å². The summed E-state index contributed by atoms with van der Waals surface area (Å²) in [6.07, 6.45) is 12.0. The Balaban J connectivity index is 1.19. The maximum absolute atomic E-state index is 12.6. The van der Waals surface area contributed by atoms with E-state index in [0.29, 0.717) is 42.7 Å². The molecule has 4 unspecified atom stereocenters. The van der Waals surface area contributed by atoms with Gasteiger partial charge in [-0.2, -0.15) is 0 Å². The second-order valence-corrected chi connectivity index (χ2v) is 10.9. The van der Waals surface area contributed by atoms with Crippen LogP contribution in [0.25, 0.3) is 0 Å². The monoisotopic (exact) mass is 427 g/mol. The number of aromatic nitrogens is 3. The van der Waals surface area contributed by atoms with Crippen LogP contribution < -0.4 is 5.73 Å². The van der Waals surface area contributed by atoms with E-state index < -0.39 is 0 Å². The Labute approximate surface area is 185 Å². The molecule has 7 nitrogen and oxygen atoms in total. The highest BCUT2D eigenvalue weighted by Gasteiger charge is 2.60. The van der Waals surface area contributed by atoms with Crippen molar-refractivity contribution in [3.05, 3.63) is 11.9 Å². The number of ketones is 1. The average molecular weight is 428 g/mol. The van der Waals surface area contributed by atoms with Gasteiger partial charge < -0.3 is 10.6 Å². The van der Waals surface area contributed by atoms with Crippen LogP contribution in [0, 0.1) is 34.5 Å². The number of rotatable bonds is 5. The van der Waals surface area contributed by atoms with E-state index in [-0.39, 0.29) is 5.41 Å². The van der Waals surface area contributed by atoms with E-state index in [2.05, 4.69) is 29.3 Å². The van der Waals surface area contributed by atoms with Gasteiger partial charge in [0.15, 0.2) is 0 Å². The molecule has 0 bridgehead atoms. The number of hydrogen-bond acceptors (Lipinski definition) is 6. The first-order chi connectivity index (χ1) is 14.9. The normalized spacial score (nSPS) is 41.0. The highest BCUT2D eigenvalue weighted by molar-refractivity contribution is 5.87. The van der Waals surface area contributed by atoms with Gasteiger partial charge in [0.1, 0.15) is 12.4 Å². The Kier molecular flexibility index (Phi) is 5.43. The second-order valence-electron chi connectivity index (χ2n) is 10.9. The van der Waals surface area contributed by atoms with Crippen molar-refractivity contribution in [3.8, 4) is 0 Å². The zero-order valence-electron chi connectivity index (χ0n) is 19.1. The van der Waals surface area contributed by atoms with E-state index in [1.807, 2.05) is 6.20 Å². The number of Topliss-reactive ketones (excluding diaryl/α,β-unsaturated/α-hetero) is 1. The number of carbonyl (C=O) groups is 1. The fourth-order valence-corrected chi connectivity index (χ4v) is 7.73. The van der Waals surface area contributed by atoms with Gasteiger partial charge >= 0.3 is 0 Å². The molecule has 31 heavy (non-hydrogen) atoms. The summed E-state index contributed by atoms with van der Waals surface area (Å²) in [6.45, 7) is 6.36. The van der Waals surface area contributed by atoms with Gasteiger partial charge in [0, 0.05) is 24.6 Å². The lowest BCUT2D eigenvalue weighted by atomic mass is 9.45. The molecule has 0 amide bonds. The van der Waals surface area contributed by atoms with E-state index in [1.165, 1.54) is 31.4 Å². The third-order valence-electron chi connectivity index (χ3n) is 9.61. The predicted octanol–water partition coefficient (Wildman–Crippen LogP) is 3.72. The molecule has 1 aromatic rings. The third-order valence-corrected chi connectivity index (χ3v) is 9.61. The molecule has 0 aliphatic heterocycles. The average Bonchev–Trinajstić information content (AvgIpc) is 3.35. The van der Waals surface area contributed by atoms with Crippen LogP contribution in [-0.2, 0) is 22.7 Å². The van der Waals surface area contributed by atoms with Crippen molar-refractivity contribution < 1.29 is 9.63 Å². The van der Waals surface area contributed by atoms with Gasteiger partial charge in [-0.25, -0.2) is 4.68 Å². The topological polar surface area (TPSA) is 95.4 Å². The number of nitrogens with two attached hydrogens (primary N) is 1. The lowest BCUT2D eigenvalue weighted by molar-refractivity contribution is -0.137. The Morgan fingerprint density at radius 1 is 1.19 bits per heavy atom. The van der Waals surface area contributed by atoms with Crippen LogP contribution in [-0.4, -0.2) is 33.1 Å². The molecule has 4 aliphatic carbocycles. The summed E-state index contributed by atoms with van der Waals surface area (Å²) in [7, 11) is 0. The molecule has 1 aromatic heterocycles. The molecule has 5 rings (SSSR count). The number of carbonyl (C=O) groups excluding carboxylic acids is 1. The molecule has 1 heterocycles. The molecular formula is C24H37N5O2. The van der Waals surface area contributed by atoms with Crippen LogP contribution in [0.15, 0.2) is 11.4 Å². The second kappa shape index (κ2) is 7.98. The quantitative estimate of drug-likeness (QED) is 0.571. The van der Waals surface area contributed by atoms with Crippen molar-refractivity contribution in [2.75, 3.05) is 6.61 Å². The van der Waals surface area contributed by atoms with Gasteiger partial charge in [-0.3, -0.25) is 4.79 Å². The lowest BCUT2D eigenvalue weighted by Crippen LogP contribution is -2.53. The van der Waals surface area contributed by atoms with E-state index in [1.54, 1.807) is 4.68 Å². The molecule has 4 aliphatic rings. The largest absolute Gasteiger partial charge is 0.394 e. The number of nitrogens with zero attached hydrogens (tertiary/aromatic N) is 4. The molecule has 0 aromatic carbocycles. The van der Waals surface area contributed by atoms with E-state index in [4.69, 9.17) is 10.6 Å². The van der Waals surface area contributed by atoms with Gasteiger partial charge in [0.2, 0.25) is 0 Å². The standard InChI is InChI=1S/C24H37N5O2/c1-23-9-7-17(27-31-12-11-29-15-18(14-25)26-28-29)13-16(23)3-4-19-20-5-6-22(30)24(20,2)10-8-21(19)23/h15-16,19-21H,3-14,25H2,1-2H3/t16?,19?,20?,21?,23-,24-/m0/s1. The minimum absolute atomic E-state index is 0.0193. The summed E-state index contributed by atoms with van der Waals surface area (Å²) in [5.74, 6) is 3.41.